The molecule has 2 N–H and O–H groups in total. The van der Waals surface area contributed by atoms with Gasteiger partial charge in [0.15, 0.2) is 0 Å². The van der Waals surface area contributed by atoms with Gasteiger partial charge in [0.05, 0.1) is 24.1 Å². The second-order valence-electron chi connectivity index (χ2n) is 5.93. The molecule has 0 unspecified atom stereocenters. The van der Waals surface area contributed by atoms with E-state index in [2.05, 4.69) is 10.3 Å². The molecule has 1 amide bonds. The van der Waals surface area contributed by atoms with Crippen LogP contribution in [-0.4, -0.2) is 22.6 Å². The molecule has 0 spiro atoms. The minimum absolute atomic E-state index is 0.274. The van der Waals surface area contributed by atoms with Crippen LogP contribution < -0.4 is 21.3 Å². The highest BCUT2D eigenvalue weighted by Gasteiger charge is 2.14. The largest absolute Gasteiger partial charge is 0.497 e. The zero-order chi connectivity index (χ0) is 18.7. The van der Waals surface area contributed by atoms with E-state index in [4.69, 9.17) is 4.74 Å². The van der Waals surface area contributed by atoms with E-state index in [0.29, 0.717) is 10.9 Å². The Morgan fingerprint density at radius 1 is 1.15 bits per heavy atom. The van der Waals surface area contributed by atoms with Gasteiger partial charge in [0.2, 0.25) is 5.91 Å². The highest BCUT2D eigenvalue weighted by atomic mass is 16.5. The van der Waals surface area contributed by atoms with E-state index in [-0.39, 0.29) is 12.6 Å². The first-order valence-corrected chi connectivity index (χ1v) is 8.15. The normalized spacial score (nSPS) is 11.9. The summed E-state index contributed by atoms with van der Waals surface area (Å²) in [7, 11) is 1.58. The molecule has 0 fully saturated rings. The third-order valence-electron chi connectivity index (χ3n) is 4.18. The summed E-state index contributed by atoms with van der Waals surface area (Å²) >= 11 is 0. The molecular weight excluding hydrogens is 334 g/mol. The second kappa shape index (κ2) is 7.26. The smallest absolute Gasteiger partial charge is 0.329 e. The number of para-hydroxylation sites is 1. The SMILES string of the molecule is COc1ccc([C@H](C)NC(=O)Cn2c(=O)[nH]c3ccccc3c2=O)cc1. The highest BCUT2D eigenvalue weighted by Crippen LogP contribution is 2.17. The number of aromatic amines is 1. The van der Waals surface area contributed by atoms with Crippen molar-refractivity contribution in [1.29, 1.82) is 0 Å². The molecule has 1 heterocycles. The second-order valence-corrected chi connectivity index (χ2v) is 5.93. The van der Waals surface area contributed by atoms with E-state index >= 15 is 0 Å². The van der Waals surface area contributed by atoms with Gasteiger partial charge in [0, 0.05) is 0 Å². The van der Waals surface area contributed by atoms with Crippen molar-refractivity contribution < 1.29 is 9.53 Å². The molecule has 1 aromatic heterocycles. The van der Waals surface area contributed by atoms with Crippen molar-refractivity contribution in [3.63, 3.8) is 0 Å². The predicted molar refractivity (Wildman–Crippen MR) is 98.4 cm³/mol. The third-order valence-corrected chi connectivity index (χ3v) is 4.18. The molecule has 0 saturated carbocycles. The molecule has 7 heteroatoms. The number of aromatic nitrogens is 2. The molecule has 0 aliphatic heterocycles. The van der Waals surface area contributed by atoms with E-state index in [1.165, 1.54) is 0 Å². The molecule has 1 atom stereocenters. The zero-order valence-electron chi connectivity index (χ0n) is 14.5. The number of nitrogens with zero attached hydrogens (tertiary/aromatic N) is 1. The molecule has 134 valence electrons. The standard InChI is InChI=1S/C19H19N3O4/c1-12(13-7-9-14(26-2)10-8-13)20-17(23)11-22-18(24)15-5-3-4-6-16(15)21-19(22)25/h3-10,12H,11H2,1-2H3,(H,20,23)(H,21,25)/t12-/m0/s1. The molecule has 2 aromatic carbocycles. The number of benzene rings is 2. The maximum Gasteiger partial charge on any atom is 0.329 e. The van der Waals surface area contributed by atoms with E-state index in [1.54, 1.807) is 43.5 Å². The van der Waals surface area contributed by atoms with Crippen molar-refractivity contribution in [2.45, 2.75) is 19.5 Å². The van der Waals surface area contributed by atoms with Gasteiger partial charge < -0.3 is 15.0 Å². The molecule has 0 saturated heterocycles. The van der Waals surface area contributed by atoms with Crippen molar-refractivity contribution in [2.24, 2.45) is 0 Å². The van der Waals surface area contributed by atoms with Crippen LogP contribution in [0.2, 0.25) is 0 Å². The van der Waals surface area contributed by atoms with Crippen molar-refractivity contribution in [3.05, 3.63) is 74.9 Å². The van der Waals surface area contributed by atoms with Crippen molar-refractivity contribution in [1.82, 2.24) is 14.9 Å². The van der Waals surface area contributed by atoms with Crippen LogP contribution >= 0.6 is 0 Å². The molecule has 7 nitrogen and oxygen atoms in total. The molecule has 3 rings (SSSR count). The molecule has 0 radical (unpaired) electrons. The van der Waals surface area contributed by atoms with Crippen LogP contribution in [0.1, 0.15) is 18.5 Å². The lowest BCUT2D eigenvalue weighted by molar-refractivity contribution is -0.122. The number of nitrogens with one attached hydrogen (secondary N) is 2. The number of rotatable bonds is 5. The minimum Gasteiger partial charge on any atom is -0.497 e. The summed E-state index contributed by atoms with van der Waals surface area (Å²) in [6.45, 7) is 1.48. The van der Waals surface area contributed by atoms with Crippen molar-refractivity contribution in [3.8, 4) is 5.75 Å². The van der Waals surface area contributed by atoms with Gasteiger partial charge in [-0.3, -0.25) is 14.2 Å². The number of fused-ring (bicyclic) bond motifs is 1. The summed E-state index contributed by atoms with van der Waals surface area (Å²) in [6, 6.07) is 13.7. The van der Waals surface area contributed by atoms with Gasteiger partial charge in [0.1, 0.15) is 12.3 Å². The fraction of sp³-hybridized carbons (Fsp3) is 0.211. The van der Waals surface area contributed by atoms with Crippen LogP contribution in [0, 0.1) is 0 Å². The van der Waals surface area contributed by atoms with E-state index in [9.17, 15) is 14.4 Å². The molecular formula is C19H19N3O4. The Balaban J connectivity index is 1.78. The Hall–Kier alpha value is -3.35. The lowest BCUT2D eigenvalue weighted by Gasteiger charge is -2.15. The van der Waals surface area contributed by atoms with Gasteiger partial charge >= 0.3 is 5.69 Å². The number of H-pyrrole nitrogens is 1. The fourth-order valence-corrected chi connectivity index (χ4v) is 2.75. The summed E-state index contributed by atoms with van der Waals surface area (Å²) in [4.78, 5) is 39.5. The first-order valence-electron chi connectivity index (χ1n) is 8.15. The summed E-state index contributed by atoms with van der Waals surface area (Å²) in [5, 5.41) is 3.16. The summed E-state index contributed by atoms with van der Waals surface area (Å²) < 4.78 is 6.01. The molecule has 26 heavy (non-hydrogen) atoms. The molecule has 0 bridgehead atoms. The first kappa shape index (κ1) is 17.5. The van der Waals surface area contributed by atoms with Crippen LogP contribution in [0.4, 0.5) is 0 Å². The number of hydrogen-bond donors (Lipinski definition) is 2. The Morgan fingerprint density at radius 2 is 1.85 bits per heavy atom. The average molecular weight is 353 g/mol. The minimum atomic E-state index is -0.610. The summed E-state index contributed by atoms with van der Waals surface area (Å²) in [6.07, 6.45) is 0. The Morgan fingerprint density at radius 3 is 2.54 bits per heavy atom. The van der Waals surface area contributed by atoms with Crippen LogP contribution in [0.25, 0.3) is 10.9 Å². The quantitative estimate of drug-likeness (QED) is 0.728. The van der Waals surface area contributed by atoms with Crippen LogP contribution in [-0.2, 0) is 11.3 Å². The van der Waals surface area contributed by atoms with Gasteiger partial charge in [-0.05, 0) is 36.8 Å². The summed E-state index contributed by atoms with van der Waals surface area (Å²) in [5.41, 5.74) is 0.238. The van der Waals surface area contributed by atoms with E-state index < -0.39 is 17.2 Å². The Labute approximate surface area is 149 Å². The van der Waals surface area contributed by atoms with Gasteiger partial charge in [-0.2, -0.15) is 0 Å². The average Bonchev–Trinajstić information content (AvgIpc) is 2.65. The molecule has 0 aliphatic carbocycles. The lowest BCUT2D eigenvalue weighted by atomic mass is 10.1. The van der Waals surface area contributed by atoms with E-state index in [1.807, 2.05) is 19.1 Å². The first-order chi connectivity index (χ1) is 12.5. The topological polar surface area (TPSA) is 93.2 Å². The van der Waals surface area contributed by atoms with E-state index in [0.717, 1.165) is 15.9 Å². The number of carbonyl (C=O) groups excluding carboxylic acids is 1. The zero-order valence-corrected chi connectivity index (χ0v) is 14.5. The monoisotopic (exact) mass is 353 g/mol. The third kappa shape index (κ3) is 3.51. The van der Waals surface area contributed by atoms with Gasteiger partial charge in [-0.1, -0.05) is 24.3 Å². The van der Waals surface area contributed by atoms with Gasteiger partial charge in [0.25, 0.3) is 5.56 Å². The van der Waals surface area contributed by atoms with Crippen LogP contribution in [0.15, 0.2) is 58.1 Å². The van der Waals surface area contributed by atoms with Crippen LogP contribution in [0.5, 0.6) is 5.75 Å². The Bertz CT molecular complexity index is 1050. The molecule has 0 aliphatic rings. The number of methoxy groups -OCH3 is 1. The van der Waals surface area contributed by atoms with Crippen LogP contribution in [0.3, 0.4) is 0 Å². The molecule has 3 aromatic rings. The number of ether oxygens (including phenoxy) is 1. The van der Waals surface area contributed by atoms with Gasteiger partial charge in [-0.15, -0.1) is 0 Å². The summed E-state index contributed by atoms with van der Waals surface area (Å²) in [5.74, 6) is 0.303. The van der Waals surface area contributed by atoms with Crippen molar-refractivity contribution in [2.75, 3.05) is 7.11 Å². The lowest BCUT2D eigenvalue weighted by Crippen LogP contribution is -2.41. The predicted octanol–water partition coefficient (Wildman–Crippen LogP) is 1.58. The number of hydrogen-bond acceptors (Lipinski definition) is 4. The van der Waals surface area contributed by atoms with Crippen molar-refractivity contribution >= 4 is 16.8 Å². The number of carbonyl (C=O) groups is 1. The highest BCUT2D eigenvalue weighted by molar-refractivity contribution is 5.79. The van der Waals surface area contributed by atoms with Gasteiger partial charge in [-0.25, -0.2) is 4.79 Å². The Kier molecular flexibility index (Phi) is 4.88. The maximum atomic E-state index is 12.5. The maximum absolute atomic E-state index is 12.5. The fourth-order valence-electron chi connectivity index (χ4n) is 2.75. The number of amides is 1.